The van der Waals surface area contributed by atoms with Crippen LogP contribution >= 0.6 is 0 Å². The molecule has 0 unspecified atom stereocenters. The molecule has 1 aromatic rings. The van der Waals surface area contributed by atoms with Gasteiger partial charge in [0.05, 0.1) is 5.56 Å². The smallest absolute Gasteiger partial charge is 0.335 e. The molecule has 0 amide bonds. The molecule has 8 nitrogen and oxygen atoms in total. The van der Waals surface area contributed by atoms with E-state index < -0.39 is 11.0 Å². The summed E-state index contributed by atoms with van der Waals surface area (Å²) in [5.74, 6) is -1.32. The van der Waals surface area contributed by atoms with Crippen LogP contribution in [0.2, 0.25) is 0 Å². The van der Waals surface area contributed by atoms with Crippen LogP contribution in [0.1, 0.15) is 15.9 Å². The summed E-state index contributed by atoms with van der Waals surface area (Å²) in [7, 11) is 0. The predicted molar refractivity (Wildman–Crippen MR) is 58.9 cm³/mol. The van der Waals surface area contributed by atoms with Gasteiger partial charge in [0.2, 0.25) is 0 Å². The molecule has 0 aromatic heterocycles. The van der Waals surface area contributed by atoms with Crippen molar-refractivity contribution in [3.63, 3.8) is 0 Å². The largest absolute Gasteiger partial charge is 0.478 e. The minimum atomic E-state index is -1.01. The van der Waals surface area contributed by atoms with E-state index in [1.54, 1.807) is 12.1 Å². The first-order valence-electron chi connectivity index (χ1n) is 4.53. The van der Waals surface area contributed by atoms with Gasteiger partial charge in [0.15, 0.2) is 5.03 Å². The lowest BCUT2D eigenvalue weighted by molar-refractivity contribution is -0.485. The molecule has 0 saturated carbocycles. The Labute approximate surface area is 95.9 Å². The van der Waals surface area contributed by atoms with Crippen molar-refractivity contribution in [1.82, 2.24) is 5.32 Å². The Bertz CT molecular complexity index is 455. The number of rotatable bonds is 4. The molecule has 0 atom stereocenters. The number of carbonyl (C=O) groups is 1. The third-order valence-corrected chi connectivity index (χ3v) is 1.86. The first kappa shape index (κ1) is 12.4. The summed E-state index contributed by atoms with van der Waals surface area (Å²) in [6.45, 7) is 0.225. The van der Waals surface area contributed by atoms with Gasteiger partial charge in [0.25, 0.3) is 5.96 Å². The summed E-state index contributed by atoms with van der Waals surface area (Å²) in [6.07, 6.45) is 0. The molecule has 1 aromatic carbocycles. The van der Waals surface area contributed by atoms with Gasteiger partial charge in [-0.1, -0.05) is 12.1 Å². The average molecular weight is 238 g/mol. The van der Waals surface area contributed by atoms with Gasteiger partial charge in [-0.15, -0.1) is 0 Å². The molecule has 0 aliphatic heterocycles. The zero-order chi connectivity index (χ0) is 12.8. The Kier molecular flexibility index (Phi) is 3.98. The van der Waals surface area contributed by atoms with Gasteiger partial charge in [-0.05, 0) is 17.7 Å². The molecule has 0 fully saturated rings. The number of nitrogens with two attached hydrogens (primary N) is 1. The number of hydrogen-bond donors (Lipinski definition) is 3. The number of hydrogen-bond acceptors (Lipinski definition) is 3. The molecule has 0 heterocycles. The van der Waals surface area contributed by atoms with E-state index in [4.69, 9.17) is 10.8 Å². The van der Waals surface area contributed by atoms with Crippen LogP contribution in [-0.4, -0.2) is 22.1 Å². The second kappa shape index (κ2) is 5.45. The number of carboxylic acid groups (broad SMARTS) is 1. The van der Waals surface area contributed by atoms with Crippen molar-refractivity contribution in [1.29, 1.82) is 0 Å². The monoisotopic (exact) mass is 238 g/mol. The normalized spacial score (nSPS) is 10.9. The molecule has 0 aliphatic rings. The van der Waals surface area contributed by atoms with Crippen molar-refractivity contribution in [2.24, 2.45) is 10.8 Å². The highest BCUT2D eigenvalue weighted by atomic mass is 16.7. The molecular weight excluding hydrogens is 228 g/mol. The van der Waals surface area contributed by atoms with Gasteiger partial charge in [-0.2, -0.15) is 0 Å². The van der Waals surface area contributed by atoms with Crippen LogP contribution in [0.4, 0.5) is 0 Å². The van der Waals surface area contributed by atoms with Crippen LogP contribution in [0.15, 0.2) is 29.4 Å². The molecule has 0 bridgehead atoms. The lowest BCUT2D eigenvalue weighted by Crippen LogP contribution is -2.31. The second-order valence-corrected chi connectivity index (χ2v) is 3.08. The highest BCUT2D eigenvalue weighted by molar-refractivity contribution is 5.87. The molecular formula is C9H10N4O4. The van der Waals surface area contributed by atoms with Gasteiger partial charge >= 0.3 is 5.97 Å². The molecule has 90 valence electrons. The highest BCUT2D eigenvalue weighted by Gasteiger charge is 2.02. The standard InChI is InChI=1S/C9H10N4O4/c10-9(12-13(16)17)11-5-6-1-3-7(4-2-6)8(14)15/h1-4H,5H2,(H,14,15)(H3,10,11,12). The maximum Gasteiger partial charge on any atom is 0.335 e. The van der Waals surface area contributed by atoms with Crippen molar-refractivity contribution in [3.05, 3.63) is 45.5 Å². The maximum atomic E-state index is 10.6. The van der Waals surface area contributed by atoms with Crippen LogP contribution in [0.5, 0.6) is 0 Å². The van der Waals surface area contributed by atoms with Gasteiger partial charge in [-0.3, -0.25) is 0 Å². The fourth-order valence-electron chi connectivity index (χ4n) is 1.08. The average Bonchev–Trinajstić information content (AvgIpc) is 2.26. The van der Waals surface area contributed by atoms with Crippen molar-refractivity contribution < 1.29 is 14.9 Å². The Morgan fingerprint density at radius 2 is 2.06 bits per heavy atom. The Hall–Kier alpha value is -2.64. The fourth-order valence-corrected chi connectivity index (χ4v) is 1.08. The van der Waals surface area contributed by atoms with Crippen molar-refractivity contribution in [2.45, 2.75) is 6.54 Å². The van der Waals surface area contributed by atoms with Gasteiger partial charge in [0.1, 0.15) is 5.10 Å². The van der Waals surface area contributed by atoms with E-state index in [0.717, 1.165) is 5.56 Å². The molecule has 0 spiro atoms. The fraction of sp³-hybridized carbons (Fsp3) is 0.111. The predicted octanol–water partition coefficient (Wildman–Crippen LogP) is -0.0192. The van der Waals surface area contributed by atoms with E-state index in [2.05, 4.69) is 10.4 Å². The number of nitrogens with zero attached hydrogens (tertiary/aromatic N) is 2. The first-order valence-corrected chi connectivity index (χ1v) is 4.53. The summed E-state index contributed by atoms with van der Waals surface area (Å²) in [5.41, 5.74) is 6.10. The molecule has 0 aliphatic carbocycles. The molecule has 0 radical (unpaired) electrons. The summed E-state index contributed by atoms with van der Waals surface area (Å²) in [6, 6.07) is 6.02. The Morgan fingerprint density at radius 1 is 1.47 bits per heavy atom. The van der Waals surface area contributed by atoms with Crippen molar-refractivity contribution >= 4 is 11.9 Å². The summed E-state index contributed by atoms with van der Waals surface area (Å²) < 4.78 is 0. The second-order valence-electron chi connectivity index (χ2n) is 3.08. The van der Waals surface area contributed by atoms with E-state index in [9.17, 15) is 14.9 Å². The number of carboxylic acids is 1. The lowest BCUT2D eigenvalue weighted by Gasteiger charge is -2.03. The highest BCUT2D eigenvalue weighted by Crippen LogP contribution is 2.03. The summed E-state index contributed by atoms with van der Waals surface area (Å²) in [4.78, 5) is 20.5. The zero-order valence-corrected chi connectivity index (χ0v) is 8.66. The van der Waals surface area contributed by atoms with Crippen LogP contribution in [0.3, 0.4) is 0 Å². The SMILES string of the molecule is NC(=N[N+](=O)[O-])NCc1ccc(C(=O)O)cc1. The number of benzene rings is 1. The molecule has 1 rings (SSSR count). The number of nitro groups is 1. The molecule has 17 heavy (non-hydrogen) atoms. The third kappa shape index (κ3) is 4.16. The minimum Gasteiger partial charge on any atom is -0.478 e. The minimum absolute atomic E-state index is 0.167. The van der Waals surface area contributed by atoms with Gasteiger partial charge in [0, 0.05) is 6.54 Å². The molecule has 4 N–H and O–H groups in total. The Morgan fingerprint density at radius 3 is 2.53 bits per heavy atom. The summed E-state index contributed by atoms with van der Waals surface area (Å²) in [5, 5.41) is 23.1. The van der Waals surface area contributed by atoms with Crippen LogP contribution in [0.25, 0.3) is 0 Å². The van der Waals surface area contributed by atoms with E-state index >= 15 is 0 Å². The maximum absolute atomic E-state index is 10.6. The number of guanidine groups is 1. The number of nitrogens with one attached hydrogen (secondary N) is 1. The quantitative estimate of drug-likeness (QED) is 0.292. The topological polar surface area (TPSA) is 131 Å². The van der Waals surface area contributed by atoms with Crippen LogP contribution in [0, 0.1) is 10.1 Å². The van der Waals surface area contributed by atoms with E-state index in [0.29, 0.717) is 0 Å². The lowest BCUT2D eigenvalue weighted by atomic mass is 10.1. The van der Waals surface area contributed by atoms with E-state index in [1.165, 1.54) is 12.1 Å². The van der Waals surface area contributed by atoms with E-state index in [1.807, 2.05) is 0 Å². The number of hydrazone groups is 1. The molecule has 0 saturated heterocycles. The van der Waals surface area contributed by atoms with Crippen molar-refractivity contribution in [3.8, 4) is 0 Å². The van der Waals surface area contributed by atoms with Crippen LogP contribution in [-0.2, 0) is 6.54 Å². The zero-order valence-electron chi connectivity index (χ0n) is 8.66. The number of aromatic carboxylic acids is 1. The Balaban J connectivity index is 2.58. The van der Waals surface area contributed by atoms with Crippen molar-refractivity contribution in [2.75, 3.05) is 0 Å². The molecule has 8 heteroatoms. The van der Waals surface area contributed by atoms with Gasteiger partial charge < -0.3 is 16.2 Å². The third-order valence-electron chi connectivity index (χ3n) is 1.86. The van der Waals surface area contributed by atoms with Crippen LogP contribution < -0.4 is 11.1 Å². The van der Waals surface area contributed by atoms with E-state index in [-0.39, 0.29) is 18.1 Å². The first-order chi connectivity index (χ1) is 7.99. The summed E-state index contributed by atoms with van der Waals surface area (Å²) >= 11 is 0. The van der Waals surface area contributed by atoms with Gasteiger partial charge in [-0.25, -0.2) is 14.9 Å².